The minimum Gasteiger partial charge on any atom is -0.339 e. The topological polar surface area (TPSA) is 99.9 Å². The van der Waals surface area contributed by atoms with Gasteiger partial charge in [0.25, 0.3) is 5.69 Å². The summed E-state index contributed by atoms with van der Waals surface area (Å²) in [6.07, 6.45) is -4.50. The first-order valence-electron chi connectivity index (χ1n) is 7.54. The fourth-order valence-corrected chi connectivity index (χ4v) is 2.57. The van der Waals surface area contributed by atoms with Gasteiger partial charge in [-0.05, 0) is 19.1 Å². The number of hydrogen-bond acceptors (Lipinski definition) is 6. The van der Waals surface area contributed by atoms with E-state index in [1.165, 1.54) is 31.2 Å². The molecule has 27 heavy (non-hydrogen) atoms. The third kappa shape index (κ3) is 3.92. The Hall–Kier alpha value is -2.95. The van der Waals surface area contributed by atoms with Crippen molar-refractivity contribution >= 4 is 17.3 Å². The third-order valence-corrected chi connectivity index (χ3v) is 4.20. The minimum atomic E-state index is -4.64. The quantitative estimate of drug-likeness (QED) is 0.472. The molecule has 0 amide bonds. The molecule has 1 aromatic carbocycles. The smallest absolute Gasteiger partial charge is 0.339 e. The lowest BCUT2D eigenvalue weighted by Gasteiger charge is -2.02. The van der Waals surface area contributed by atoms with Gasteiger partial charge < -0.3 is 4.52 Å². The number of alkyl halides is 3. The third-order valence-electron chi connectivity index (χ3n) is 3.74. The van der Waals surface area contributed by atoms with Crippen LogP contribution in [0.4, 0.5) is 18.9 Å². The van der Waals surface area contributed by atoms with Gasteiger partial charge in [0, 0.05) is 24.1 Å². The second-order valence-corrected chi connectivity index (χ2v) is 5.91. The van der Waals surface area contributed by atoms with Gasteiger partial charge in [0.2, 0.25) is 11.7 Å². The number of aromatic nitrogens is 4. The molecule has 0 aliphatic rings. The fourth-order valence-electron chi connectivity index (χ4n) is 2.33. The first-order valence-corrected chi connectivity index (χ1v) is 7.92. The summed E-state index contributed by atoms with van der Waals surface area (Å²) >= 11 is 5.70. The number of halogens is 4. The van der Waals surface area contributed by atoms with E-state index in [1.807, 2.05) is 0 Å². The summed E-state index contributed by atoms with van der Waals surface area (Å²) < 4.78 is 44.7. The Bertz CT molecular complexity index is 982. The Morgan fingerprint density at radius 2 is 1.96 bits per heavy atom. The molecular formula is C15H11ClF3N5O3. The Kier molecular flexibility index (Phi) is 4.87. The van der Waals surface area contributed by atoms with Gasteiger partial charge in [0.15, 0.2) is 5.69 Å². The molecule has 2 aromatic heterocycles. The molecule has 3 aromatic rings. The van der Waals surface area contributed by atoms with Gasteiger partial charge in [-0.2, -0.15) is 23.3 Å². The van der Waals surface area contributed by atoms with Crippen LogP contribution in [0.3, 0.4) is 0 Å². The minimum absolute atomic E-state index is 0.0591. The maximum absolute atomic E-state index is 12.8. The van der Waals surface area contributed by atoms with Crippen LogP contribution >= 0.6 is 11.6 Å². The van der Waals surface area contributed by atoms with Gasteiger partial charge in [-0.1, -0.05) is 16.8 Å². The highest BCUT2D eigenvalue weighted by molar-refractivity contribution is 6.31. The largest absolute Gasteiger partial charge is 0.436 e. The van der Waals surface area contributed by atoms with Gasteiger partial charge in [0.05, 0.1) is 22.2 Å². The van der Waals surface area contributed by atoms with Crippen LogP contribution in [0.25, 0.3) is 11.4 Å². The number of rotatable bonds is 5. The van der Waals surface area contributed by atoms with Crippen molar-refractivity contribution in [2.75, 3.05) is 0 Å². The molecule has 0 saturated carbocycles. The SMILES string of the molecule is Cc1c(Cl)c(C(F)(F)F)nn1CCc1nc(-c2ccc([N+](=O)[O-])cc2)no1. The number of aryl methyl sites for hydroxylation is 2. The van der Waals surface area contributed by atoms with Crippen molar-refractivity contribution < 1.29 is 22.6 Å². The summed E-state index contributed by atoms with van der Waals surface area (Å²) in [5.41, 5.74) is -0.528. The molecule has 2 heterocycles. The maximum Gasteiger partial charge on any atom is 0.436 e. The molecule has 0 bridgehead atoms. The molecule has 0 atom stereocenters. The summed E-state index contributed by atoms with van der Waals surface area (Å²) in [6.45, 7) is 1.49. The van der Waals surface area contributed by atoms with Crippen LogP contribution in [0.15, 0.2) is 28.8 Å². The van der Waals surface area contributed by atoms with Crippen molar-refractivity contribution in [3.05, 3.63) is 56.7 Å². The number of nitro groups is 1. The molecule has 0 spiro atoms. The first kappa shape index (κ1) is 18.8. The van der Waals surface area contributed by atoms with Crippen molar-refractivity contribution in [1.82, 2.24) is 19.9 Å². The Labute approximate surface area is 154 Å². The average molecular weight is 402 g/mol. The van der Waals surface area contributed by atoms with E-state index in [4.69, 9.17) is 16.1 Å². The highest BCUT2D eigenvalue weighted by Crippen LogP contribution is 2.35. The summed E-state index contributed by atoms with van der Waals surface area (Å²) in [5, 5.41) is 17.5. The molecule has 3 rings (SSSR count). The summed E-state index contributed by atoms with van der Waals surface area (Å²) in [7, 11) is 0. The first-order chi connectivity index (χ1) is 12.7. The number of non-ortho nitro benzene ring substituents is 1. The maximum atomic E-state index is 12.8. The van der Waals surface area contributed by atoms with Crippen molar-refractivity contribution in [2.24, 2.45) is 0 Å². The van der Waals surface area contributed by atoms with Gasteiger partial charge in [-0.25, -0.2) is 0 Å². The predicted octanol–water partition coefficient (Wildman–Crippen LogP) is 4.06. The van der Waals surface area contributed by atoms with E-state index < -0.39 is 21.8 Å². The van der Waals surface area contributed by atoms with Gasteiger partial charge in [0.1, 0.15) is 0 Å². The van der Waals surface area contributed by atoms with E-state index in [0.29, 0.717) is 5.56 Å². The molecule has 0 aliphatic heterocycles. The second-order valence-electron chi connectivity index (χ2n) is 5.53. The lowest BCUT2D eigenvalue weighted by Crippen LogP contribution is -2.10. The number of benzene rings is 1. The van der Waals surface area contributed by atoms with E-state index in [1.54, 1.807) is 0 Å². The van der Waals surface area contributed by atoms with Crippen molar-refractivity contribution in [2.45, 2.75) is 26.1 Å². The highest BCUT2D eigenvalue weighted by Gasteiger charge is 2.38. The lowest BCUT2D eigenvalue weighted by molar-refractivity contribution is -0.384. The lowest BCUT2D eigenvalue weighted by atomic mass is 10.2. The molecule has 0 saturated heterocycles. The van der Waals surface area contributed by atoms with E-state index in [2.05, 4.69) is 15.2 Å². The van der Waals surface area contributed by atoms with E-state index in [0.717, 1.165) is 4.68 Å². The molecule has 0 aliphatic carbocycles. The Morgan fingerprint density at radius 3 is 2.52 bits per heavy atom. The number of nitro benzene ring substituents is 1. The van der Waals surface area contributed by atoms with Crippen LogP contribution in [0, 0.1) is 17.0 Å². The van der Waals surface area contributed by atoms with Crippen LogP contribution in [-0.4, -0.2) is 24.8 Å². The van der Waals surface area contributed by atoms with Gasteiger partial charge in [-0.3, -0.25) is 14.8 Å². The number of hydrogen-bond donors (Lipinski definition) is 0. The van der Waals surface area contributed by atoms with E-state index >= 15 is 0 Å². The molecule has 0 N–H and O–H groups in total. The zero-order chi connectivity index (χ0) is 19.8. The molecule has 0 radical (unpaired) electrons. The summed E-state index contributed by atoms with van der Waals surface area (Å²) in [6, 6.07) is 5.55. The predicted molar refractivity (Wildman–Crippen MR) is 87.1 cm³/mol. The zero-order valence-corrected chi connectivity index (χ0v) is 14.5. The van der Waals surface area contributed by atoms with Gasteiger partial charge >= 0.3 is 6.18 Å². The van der Waals surface area contributed by atoms with Crippen molar-refractivity contribution in [3.63, 3.8) is 0 Å². The normalized spacial score (nSPS) is 11.7. The van der Waals surface area contributed by atoms with Crippen LogP contribution in [0.1, 0.15) is 17.3 Å². The monoisotopic (exact) mass is 401 g/mol. The number of nitrogens with zero attached hydrogens (tertiary/aromatic N) is 5. The molecule has 8 nitrogen and oxygen atoms in total. The van der Waals surface area contributed by atoms with Crippen LogP contribution in [-0.2, 0) is 19.1 Å². The molecule has 12 heteroatoms. The molecule has 0 fully saturated rings. The van der Waals surface area contributed by atoms with Crippen LogP contribution < -0.4 is 0 Å². The van der Waals surface area contributed by atoms with Crippen LogP contribution in [0.2, 0.25) is 5.02 Å². The zero-order valence-electron chi connectivity index (χ0n) is 13.7. The highest BCUT2D eigenvalue weighted by atomic mass is 35.5. The standard InChI is InChI=1S/C15H11ClF3N5O3/c1-8-12(16)13(15(17,18)19)21-23(8)7-6-11-20-14(22-27-11)9-2-4-10(5-3-9)24(25)26/h2-5H,6-7H2,1H3. The average Bonchev–Trinajstić information content (AvgIpc) is 3.19. The Morgan fingerprint density at radius 1 is 1.30 bits per heavy atom. The van der Waals surface area contributed by atoms with Crippen molar-refractivity contribution in [1.29, 1.82) is 0 Å². The molecular weight excluding hydrogens is 391 g/mol. The Balaban J connectivity index is 1.73. The fraction of sp³-hybridized carbons (Fsp3) is 0.267. The summed E-state index contributed by atoms with van der Waals surface area (Å²) in [4.78, 5) is 14.3. The van der Waals surface area contributed by atoms with Gasteiger partial charge in [-0.15, -0.1) is 0 Å². The second kappa shape index (κ2) is 6.99. The summed E-state index contributed by atoms with van der Waals surface area (Å²) in [5.74, 6) is 0.397. The van der Waals surface area contributed by atoms with E-state index in [9.17, 15) is 23.3 Å². The van der Waals surface area contributed by atoms with E-state index in [-0.39, 0.29) is 36.1 Å². The van der Waals surface area contributed by atoms with Crippen LogP contribution in [0.5, 0.6) is 0 Å². The van der Waals surface area contributed by atoms with Crippen molar-refractivity contribution in [3.8, 4) is 11.4 Å². The molecule has 142 valence electrons. The molecule has 0 unspecified atom stereocenters.